The van der Waals surface area contributed by atoms with Crippen molar-refractivity contribution in [3.05, 3.63) is 108 Å². The second-order valence-electron chi connectivity index (χ2n) is 6.89. The van der Waals surface area contributed by atoms with Gasteiger partial charge in [0.05, 0.1) is 24.1 Å². The first-order valence-corrected chi connectivity index (χ1v) is 9.90. The van der Waals surface area contributed by atoms with E-state index < -0.39 is 0 Å². The standard InChI is InChI=1S/C26H22N2O3/c1-19-24(17-18-25(29)20-13-15-22(30-2)16-14-20)26(31-23-11-7-4-8-12-23)28(27-19)21-9-5-3-6-10-21/h3-18H,1-2H3/b18-17+. The predicted octanol–water partition coefficient (Wildman–Crippen LogP) is 5.88. The number of carbonyl (C=O) groups excluding carboxylic acids is 1. The van der Waals surface area contributed by atoms with Crippen molar-refractivity contribution in [1.82, 2.24) is 9.78 Å². The third-order valence-electron chi connectivity index (χ3n) is 4.80. The Balaban J connectivity index is 1.71. The van der Waals surface area contributed by atoms with Gasteiger partial charge in [-0.3, -0.25) is 4.79 Å². The number of aryl methyl sites for hydroxylation is 1. The molecule has 0 saturated carbocycles. The fourth-order valence-corrected chi connectivity index (χ4v) is 3.16. The summed E-state index contributed by atoms with van der Waals surface area (Å²) in [5.41, 5.74) is 2.96. The van der Waals surface area contributed by atoms with Gasteiger partial charge < -0.3 is 9.47 Å². The molecule has 4 aromatic rings. The molecule has 0 N–H and O–H groups in total. The molecule has 1 aromatic heterocycles. The van der Waals surface area contributed by atoms with E-state index in [0.29, 0.717) is 22.9 Å². The minimum absolute atomic E-state index is 0.111. The number of hydrogen-bond acceptors (Lipinski definition) is 4. The number of methoxy groups -OCH3 is 1. The van der Waals surface area contributed by atoms with Gasteiger partial charge in [-0.2, -0.15) is 9.78 Å². The molecule has 0 aliphatic carbocycles. The van der Waals surface area contributed by atoms with Crippen molar-refractivity contribution in [1.29, 1.82) is 0 Å². The summed E-state index contributed by atoms with van der Waals surface area (Å²) in [6, 6.07) is 26.3. The van der Waals surface area contributed by atoms with E-state index >= 15 is 0 Å². The molecule has 0 spiro atoms. The van der Waals surface area contributed by atoms with Crippen LogP contribution in [-0.2, 0) is 0 Å². The van der Waals surface area contributed by atoms with Crippen LogP contribution in [0.1, 0.15) is 21.6 Å². The largest absolute Gasteiger partial charge is 0.497 e. The molecular formula is C26H22N2O3. The second-order valence-corrected chi connectivity index (χ2v) is 6.89. The van der Waals surface area contributed by atoms with Crippen LogP contribution >= 0.6 is 0 Å². The molecule has 0 radical (unpaired) electrons. The zero-order valence-corrected chi connectivity index (χ0v) is 17.4. The van der Waals surface area contributed by atoms with Crippen molar-refractivity contribution >= 4 is 11.9 Å². The van der Waals surface area contributed by atoms with E-state index in [1.54, 1.807) is 48.2 Å². The Morgan fingerprint density at radius 2 is 1.52 bits per heavy atom. The Labute approximate surface area is 181 Å². The topological polar surface area (TPSA) is 53.3 Å². The highest BCUT2D eigenvalue weighted by Crippen LogP contribution is 2.31. The van der Waals surface area contributed by atoms with Crippen LogP contribution in [0.25, 0.3) is 11.8 Å². The summed E-state index contributed by atoms with van der Waals surface area (Å²) in [6.45, 7) is 1.90. The van der Waals surface area contributed by atoms with Crippen molar-refractivity contribution < 1.29 is 14.3 Å². The van der Waals surface area contributed by atoms with Crippen LogP contribution in [0.5, 0.6) is 17.4 Å². The van der Waals surface area contributed by atoms with Gasteiger partial charge in [0.15, 0.2) is 5.78 Å². The molecule has 0 unspecified atom stereocenters. The minimum atomic E-state index is -0.111. The maximum Gasteiger partial charge on any atom is 0.230 e. The monoisotopic (exact) mass is 410 g/mol. The van der Waals surface area contributed by atoms with Gasteiger partial charge in [0.25, 0.3) is 0 Å². The number of nitrogens with zero attached hydrogens (tertiary/aromatic N) is 2. The van der Waals surface area contributed by atoms with Crippen molar-refractivity contribution in [2.45, 2.75) is 6.92 Å². The van der Waals surface area contributed by atoms with Gasteiger partial charge in [0, 0.05) is 5.56 Å². The first-order chi connectivity index (χ1) is 15.2. The fourth-order valence-electron chi connectivity index (χ4n) is 3.16. The van der Waals surface area contributed by atoms with Crippen LogP contribution in [0.15, 0.2) is 91.0 Å². The molecule has 0 saturated heterocycles. The van der Waals surface area contributed by atoms with Crippen molar-refractivity contribution in [2.75, 3.05) is 7.11 Å². The quantitative estimate of drug-likeness (QED) is 0.282. The molecule has 5 nitrogen and oxygen atoms in total. The molecule has 0 aliphatic heterocycles. The normalized spacial score (nSPS) is 10.9. The number of rotatable bonds is 7. The van der Waals surface area contributed by atoms with Crippen LogP contribution in [-0.4, -0.2) is 22.7 Å². The predicted molar refractivity (Wildman–Crippen MR) is 121 cm³/mol. The Morgan fingerprint density at radius 3 is 2.16 bits per heavy atom. The number of aromatic nitrogens is 2. The summed E-state index contributed by atoms with van der Waals surface area (Å²) < 4.78 is 13.1. The molecule has 5 heteroatoms. The highest BCUT2D eigenvalue weighted by atomic mass is 16.5. The lowest BCUT2D eigenvalue weighted by Crippen LogP contribution is -2.00. The molecular weight excluding hydrogens is 388 g/mol. The van der Waals surface area contributed by atoms with Crippen LogP contribution in [0.3, 0.4) is 0 Å². The van der Waals surface area contributed by atoms with Gasteiger partial charge in [0.2, 0.25) is 5.88 Å². The van der Waals surface area contributed by atoms with E-state index in [1.807, 2.05) is 67.6 Å². The summed E-state index contributed by atoms with van der Waals surface area (Å²) in [6.07, 6.45) is 3.30. The Kier molecular flexibility index (Phi) is 5.94. The van der Waals surface area contributed by atoms with Gasteiger partial charge >= 0.3 is 0 Å². The molecule has 4 rings (SSSR count). The van der Waals surface area contributed by atoms with Crippen LogP contribution < -0.4 is 9.47 Å². The number of para-hydroxylation sites is 2. The van der Waals surface area contributed by atoms with Crippen molar-refractivity contribution in [3.63, 3.8) is 0 Å². The highest BCUT2D eigenvalue weighted by Gasteiger charge is 2.17. The van der Waals surface area contributed by atoms with Crippen molar-refractivity contribution in [2.24, 2.45) is 0 Å². The summed E-state index contributed by atoms with van der Waals surface area (Å²) in [5.74, 6) is 1.84. The fraction of sp³-hybridized carbons (Fsp3) is 0.0769. The Hall–Kier alpha value is -4.12. The molecule has 0 amide bonds. The number of ether oxygens (including phenoxy) is 2. The number of ketones is 1. The first-order valence-electron chi connectivity index (χ1n) is 9.90. The van der Waals surface area contributed by atoms with Gasteiger partial charge in [0.1, 0.15) is 11.5 Å². The lowest BCUT2D eigenvalue weighted by molar-refractivity contribution is 0.104. The van der Waals surface area contributed by atoms with E-state index in [2.05, 4.69) is 5.10 Å². The Morgan fingerprint density at radius 1 is 0.871 bits per heavy atom. The number of benzene rings is 3. The second kappa shape index (κ2) is 9.13. The third kappa shape index (κ3) is 4.56. The van der Waals surface area contributed by atoms with Gasteiger partial charge in [-0.1, -0.05) is 36.4 Å². The molecule has 1 heterocycles. The molecule has 0 fully saturated rings. The number of hydrogen-bond donors (Lipinski definition) is 0. The van der Waals surface area contributed by atoms with Gasteiger partial charge in [-0.05, 0) is 67.6 Å². The lowest BCUT2D eigenvalue weighted by Gasteiger charge is -2.10. The zero-order valence-electron chi connectivity index (χ0n) is 17.4. The summed E-state index contributed by atoms with van der Waals surface area (Å²) in [4.78, 5) is 12.7. The lowest BCUT2D eigenvalue weighted by atomic mass is 10.1. The summed E-state index contributed by atoms with van der Waals surface area (Å²) in [5, 5.41) is 4.66. The van der Waals surface area contributed by atoms with E-state index in [1.165, 1.54) is 0 Å². The maximum absolute atomic E-state index is 12.7. The molecule has 154 valence electrons. The maximum atomic E-state index is 12.7. The summed E-state index contributed by atoms with van der Waals surface area (Å²) >= 11 is 0. The van der Waals surface area contributed by atoms with Crippen LogP contribution in [0.4, 0.5) is 0 Å². The zero-order chi connectivity index (χ0) is 21.6. The van der Waals surface area contributed by atoms with Crippen LogP contribution in [0, 0.1) is 6.92 Å². The average molecular weight is 410 g/mol. The smallest absolute Gasteiger partial charge is 0.230 e. The van der Waals surface area contributed by atoms with Gasteiger partial charge in [-0.25, -0.2) is 0 Å². The molecule has 3 aromatic carbocycles. The molecule has 0 aliphatic rings. The van der Waals surface area contributed by atoms with E-state index in [4.69, 9.17) is 9.47 Å². The van der Waals surface area contributed by atoms with Gasteiger partial charge in [-0.15, -0.1) is 0 Å². The molecule has 0 atom stereocenters. The third-order valence-corrected chi connectivity index (χ3v) is 4.80. The van der Waals surface area contributed by atoms with E-state index in [0.717, 1.165) is 16.9 Å². The molecule has 31 heavy (non-hydrogen) atoms. The number of carbonyl (C=O) groups is 1. The van der Waals surface area contributed by atoms with Crippen LogP contribution in [0.2, 0.25) is 0 Å². The highest BCUT2D eigenvalue weighted by molar-refractivity contribution is 6.07. The summed E-state index contributed by atoms with van der Waals surface area (Å²) in [7, 11) is 1.60. The number of allylic oxidation sites excluding steroid dienone is 1. The SMILES string of the molecule is COc1ccc(C(=O)/C=C/c2c(C)nn(-c3ccccc3)c2Oc2ccccc2)cc1. The molecule has 0 bridgehead atoms. The van der Waals surface area contributed by atoms with E-state index in [9.17, 15) is 4.79 Å². The Bertz CT molecular complexity index is 1190. The van der Waals surface area contributed by atoms with Crippen molar-refractivity contribution in [3.8, 4) is 23.1 Å². The minimum Gasteiger partial charge on any atom is -0.497 e. The average Bonchev–Trinajstić information content (AvgIpc) is 3.13. The first kappa shape index (κ1) is 20.2. The van der Waals surface area contributed by atoms with E-state index in [-0.39, 0.29) is 5.78 Å².